The van der Waals surface area contributed by atoms with Crippen molar-refractivity contribution in [3.05, 3.63) is 35.1 Å². The molecule has 0 spiro atoms. The summed E-state index contributed by atoms with van der Waals surface area (Å²) in [6.07, 6.45) is 0.162. The van der Waals surface area contributed by atoms with Gasteiger partial charge in [0.2, 0.25) is 11.8 Å². The Morgan fingerprint density at radius 1 is 0.966 bits per heavy atom. The molecule has 0 radical (unpaired) electrons. The Kier molecular flexibility index (Phi) is 5.60. The van der Waals surface area contributed by atoms with Gasteiger partial charge in [-0.2, -0.15) is 0 Å². The van der Waals surface area contributed by atoms with E-state index in [1.54, 1.807) is 9.80 Å². The van der Waals surface area contributed by atoms with Gasteiger partial charge >= 0.3 is 0 Å². The van der Waals surface area contributed by atoms with Crippen molar-refractivity contribution in [1.82, 2.24) is 14.7 Å². The molecule has 6 nitrogen and oxygen atoms in total. The van der Waals surface area contributed by atoms with Gasteiger partial charge in [0.25, 0.3) is 5.91 Å². The number of benzene rings is 1. The van der Waals surface area contributed by atoms with Crippen LogP contribution in [0.15, 0.2) is 12.1 Å². The molecule has 3 amide bonds. The zero-order valence-electron chi connectivity index (χ0n) is 16.7. The van der Waals surface area contributed by atoms with E-state index in [4.69, 9.17) is 0 Å². The molecule has 158 valence electrons. The van der Waals surface area contributed by atoms with Crippen molar-refractivity contribution in [2.45, 2.75) is 32.7 Å². The quantitative estimate of drug-likeness (QED) is 0.700. The van der Waals surface area contributed by atoms with Gasteiger partial charge in [0, 0.05) is 44.7 Å². The first-order chi connectivity index (χ1) is 13.5. The molecule has 2 aliphatic heterocycles. The van der Waals surface area contributed by atoms with E-state index in [9.17, 15) is 27.6 Å². The van der Waals surface area contributed by atoms with Crippen LogP contribution in [0, 0.1) is 23.4 Å². The normalized spacial score (nSPS) is 20.4. The van der Waals surface area contributed by atoms with Gasteiger partial charge in [-0.25, -0.2) is 13.2 Å². The molecule has 2 fully saturated rings. The fourth-order valence-corrected chi connectivity index (χ4v) is 3.77. The van der Waals surface area contributed by atoms with Gasteiger partial charge in [-0.15, -0.1) is 0 Å². The first kappa shape index (κ1) is 21.1. The maximum Gasteiger partial charge on any atom is 0.257 e. The molecule has 1 unspecified atom stereocenters. The van der Waals surface area contributed by atoms with Gasteiger partial charge in [0.1, 0.15) is 0 Å². The number of hydrogen-bond acceptors (Lipinski definition) is 3. The Hall–Kier alpha value is -2.58. The van der Waals surface area contributed by atoms with Crippen LogP contribution in [0.4, 0.5) is 13.2 Å². The van der Waals surface area contributed by atoms with Crippen LogP contribution in [0.25, 0.3) is 0 Å². The second kappa shape index (κ2) is 7.68. The molecule has 2 aliphatic rings. The van der Waals surface area contributed by atoms with Crippen LogP contribution in [0.1, 0.15) is 37.6 Å². The van der Waals surface area contributed by atoms with Crippen LogP contribution in [-0.4, -0.2) is 70.7 Å². The predicted molar refractivity (Wildman–Crippen MR) is 98.4 cm³/mol. The highest BCUT2D eigenvalue weighted by Crippen LogP contribution is 2.27. The number of amides is 3. The number of piperazine rings is 1. The van der Waals surface area contributed by atoms with Crippen molar-refractivity contribution in [2.24, 2.45) is 5.92 Å². The summed E-state index contributed by atoms with van der Waals surface area (Å²) in [5, 5.41) is 0. The van der Waals surface area contributed by atoms with Crippen LogP contribution >= 0.6 is 0 Å². The minimum atomic E-state index is -1.68. The first-order valence-corrected chi connectivity index (χ1v) is 9.52. The maximum atomic E-state index is 13.9. The second-order valence-corrected chi connectivity index (χ2v) is 8.42. The SMILES string of the molecule is CC(C)(C)N1CC(C(=O)N2CCN(C(=O)c3ccc(F)c(F)c3F)CC2)CC1=O. The minimum absolute atomic E-state index is 0.0570. The topological polar surface area (TPSA) is 60.9 Å². The van der Waals surface area contributed by atoms with Crippen LogP contribution in [0.3, 0.4) is 0 Å². The monoisotopic (exact) mass is 411 g/mol. The van der Waals surface area contributed by atoms with Crippen molar-refractivity contribution in [3.63, 3.8) is 0 Å². The third kappa shape index (κ3) is 4.09. The number of carbonyl (C=O) groups is 3. The lowest BCUT2D eigenvalue weighted by Crippen LogP contribution is -2.52. The summed E-state index contributed by atoms with van der Waals surface area (Å²) in [4.78, 5) is 42.1. The van der Waals surface area contributed by atoms with Crippen molar-refractivity contribution in [1.29, 1.82) is 0 Å². The van der Waals surface area contributed by atoms with E-state index in [-0.39, 0.29) is 50.0 Å². The van der Waals surface area contributed by atoms with Crippen molar-refractivity contribution < 1.29 is 27.6 Å². The Bertz CT molecular complexity index is 845. The van der Waals surface area contributed by atoms with Crippen molar-refractivity contribution in [2.75, 3.05) is 32.7 Å². The maximum absolute atomic E-state index is 13.9. The lowest BCUT2D eigenvalue weighted by atomic mass is 10.1. The number of nitrogens with zero attached hydrogens (tertiary/aromatic N) is 3. The zero-order valence-corrected chi connectivity index (χ0v) is 16.7. The lowest BCUT2D eigenvalue weighted by Gasteiger charge is -2.36. The van der Waals surface area contributed by atoms with Crippen molar-refractivity contribution in [3.8, 4) is 0 Å². The third-order valence-electron chi connectivity index (χ3n) is 5.43. The Morgan fingerprint density at radius 2 is 1.55 bits per heavy atom. The average Bonchev–Trinajstić information content (AvgIpc) is 3.07. The average molecular weight is 411 g/mol. The Morgan fingerprint density at radius 3 is 2.10 bits per heavy atom. The molecular formula is C20H24F3N3O3. The van der Waals surface area contributed by atoms with Gasteiger partial charge in [0.15, 0.2) is 17.5 Å². The molecular weight excluding hydrogens is 387 g/mol. The summed E-state index contributed by atoms with van der Waals surface area (Å²) < 4.78 is 40.4. The third-order valence-corrected chi connectivity index (χ3v) is 5.43. The smallest absolute Gasteiger partial charge is 0.257 e. The molecule has 0 aromatic heterocycles. The van der Waals surface area contributed by atoms with E-state index in [2.05, 4.69) is 0 Å². The van der Waals surface area contributed by atoms with Crippen LogP contribution in [0.5, 0.6) is 0 Å². The van der Waals surface area contributed by atoms with Gasteiger partial charge < -0.3 is 14.7 Å². The Balaban J connectivity index is 1.61. The molecule has 0 bridgehead atoms. The van der Waals surface area contributed by atoms with Crippen LogP contribution in [-0.2, 0) is 9.59 Å². The molecule has 1 atom stereocenters. The number of carbonyl (C=O) groups excluding carboxylic acids is 3. The van der Waals surface area contributed by atoms with E-state index in [1.807, 2.05) is 20.8 Å². The molecule has 0 aliphatic carbocycles. The summed E-state index contributed by atoms with van der Waals surface area (Å²) in [5.41, 5.74) is -0.892. The fraction of sp³-hybridized carbons (Fsp3) is 0.550. The number of halogens is 3. The fourth-order valence-electron chi connectivity index (χ4n) is 3.77. The molecule has 2 heterocycles. The van der Waals surface area contributed by atoms with Gasteiger partial charge in [-0.3, -0.25) is 14.4 Å². The number of hydrogen-bond donors (Lipinski definition) is 0. The molecule has 0 saturated carbocycles. The number of likely N-dealkylation sites (tertiary alicyclic amines) is 1. The summed E-state index contributed by atoms with van der Waals surface area (Å²) >= 11 is 0. The molecule has 1 aromatic carbocycles. The summed E-state index contributed by atoms with van der Waals surface area (Å²) in [5.74, 6) is -5.92. The van der Waals surface area contributed by atoms with E-state index in [0.717, 1.165) is 6.07 Å². The molecule has 9 heteroatoms. The van der Waals surface area contributed by atoms with E-state index in [0.29, 0.717) is 12.6 Å². The van der Waals surface area contributed by atoms with E-state index in [1.165, 1.54) is 4.90 Å². The summed E-state index contributed by atoms with van der Waals surface area (Å²) in [6, 6.07) is 1.63. The summed E-state index contributed by atoms with van der Waals surface area (Å²) in [6.45, 7) is 6.87. The van der Waals surface area contributed by atoms with Gasteiger partial charge in [-0.1, -0.05) is 0 Å². The zero-order chi connectivity index (χ0) is 21.5. The molecule has 0 N–H and O–H groups in total. The van der Waals surface area contributed by atoms with Crippen LogP contribution in [0.2, 0.25) is 0 Å². The highest BCUT2D eigenvalue weighted by Gasteiger charge is 2.41. The molecule has 29 heavy (non-hydrogen) atoms. The largest absolute Gasteiger partial charge is 0.339 e. The van der Waals surface area contributed by atoms with E-state index < -0.39 is 34.8 Å². The van der Waals surface area contributed by atoms with Gasteiger partial charge in [-0.05, 0) is 32.9 Å². The molecule has 1 aromatic rings. The minimum Gasteiger partial charge on any atom is -0.339 e. The predicted octanol–water partition coefficient (Wildman–Crippen LogP) is 2.04. The number of rotatable bonds is 2. The molecule has 2 saturated heterocycles. The highest BCUT2D eigenvalue weighted by molar-refractivity contribution is 5.95. The van der Waals surface area contributed by atoms with Crippen LogP contribution < -0.4 is 0 Å². The highest BCUT2D eigenvalue weighted by atomic mass is 19.2. The lowest BCUT2D eigenvalue weighted by molar-refractivity contribution is -0.137. The van der Waals surface area contributed by atoms with Crippen molar-refractivity contribution >= 4 is 17.7 Å². The second-order valence-electron chi connectivity index (χ2n) is 8.42. The Labute approximate surface area is 167 Å². The van der Waals surface area contributed by atoms with E-state index >= 15 is 0 Å². The first-order valence-electron chi connectivity index (χ1n) is 9.52. The standard InChI is InChI=1S/C20H24F3N3O3/c1-20(2,3)26-11-12(10-15(26)27)18(28)24-6-8-25(9-7-24)19(29)13-4-5-14(21)17(23)16(13)22/h4-5,12H,6-11H2,1-3H3. The summed E-state index contributed by atoms with van der Waals surface area (Å²) in [7, 11) is 0. The van der Waals surface area contributed by atoms with Gasteiger partial charge in [0.05, 0.1) is 11.5 Å². The molecule has 3 rings (SSSR count).